The summed E-state index contributed by atoms with van der Waals surface area (Å²) in [6.07, 6.45) is 0.0274. The van der Waals surface area contributed by atoms with Crippen LogP contribution in [0.1, 0.15) is 17.9 Å². The van der Waals surface area contributed by atoms with Crippen LogP contribution in [0, 0.1) is 23.4 Å². The van der Waals surface area contributed by atoms with Gasteiger partial charge in [0.1, 0.15) is 17.5 Å². The van der Waals surface area contributed by atoms with Gasteiger partial charge in [0.15, 0.2) is 0 Å². The number of hydrogen-bond donors (Lipinski definition) is 1. The summed E-state index contributed by atoms with van der Waals surface area (Å²) < 4.78 is 40.6. The molecule has 1 aliphatic rings. The third-order valence-electron chi connectivity index (χ3n) is 4.48. The molecule has 3 nitrogen and oxygen atoms in total. The highest BCUT2D eigenvalue weighted by molar-refractivity contribution is 5.94. The Balaban J connectivity index is 1.90. The lowest BCUT2D eigenvalue weighted by atomic mass is 9.79. The molecule has 6 heteroatoms. The van der Waals surface area contributed by atoms with Gasteiger partial charge in [-0.25, -0.2) is 13.2 Å². The van der Waals surface area contributed by atoms with Crippen molar-refractivity contribution >= 4 is 11.6 Å². The molecule has 0 bridgehead atoms. The predicted molar refractivity (Wildman–Crippen MR) is 85.0 cm³/mol. The molecule has 0 saturated carbocycles. The van der Waals surface area contributed by atoms with Crippen LogP contribution < -0.4 is 10.6 Å². The molecule has 1 aliphatic heterocycles. The zero-order valence-corrected chi connectivity index (χ0v) is 12.9. The second-order valence-corrected chi connectivity index (χ2v) is 5.95. The lowest BCUT2D eigenvalue weighted by Crippen LogP contribution is -2.46. The monoisotopic (exact) mass is 334 g/mol. The Morgan fingerprint density at radius 3 is 2.38 bits per heavy atom. The van der Waals surface area contributed by atoms with Gasteiger partial charge in [0.2, 0.25) is 5.91 Å². The van der Waals surface area contributed by atoms with Crippen molar-refractivity contribution in [3.05, 3.63) is 65.5 Å². The summed E-state index contributed by atoms with van der Waals surface area (Å²) in [5.41, 5.74) is 6.56. The van der Waals surface area contributed by atoms with Gasteiger partial charge in [-0.1, -0.05) is 0 Å². The van der Waals surface area contributed by atoms with Crippen molar-refractivity contribution in [3.63, 3.8) is 0 Å². The number of carbonyl (C=O) groups is 1. The molecule has 126 valence electrons. The second-order valence-electron chi connectivity index (χ2n) is 5.95. The molecule has 1 amide bonds. The third-order valence-corrected chi connectivity index (χ3v) is 4.48. The van der Waals surface area contributed by atoms with E-state index in [4.69, 9.17) is 5.73 Å². The van der Waals surface area contributed by atoms with Gasteiger partial charge in [-0.3, -0.25) is 4.79 Å². The van der Waals surface area contributed by atoms with Crippen molar-refractivity contribution < 1.29 is 18.0 Å². The first-order valence-corrected chi connectivity index (χ1v) is 7.70. The molecule has 0 aliphatic carbocycles. The van der Waals surface area contributed by atoms with E-state index < -0.39 is 23.4 Å². The van der Waals surface area contributed by atoms with E-state index in [0.717, 1.165) is 18.2 Å². The molecule has 3 rings (SSSR count). The molecule has 24 heavy (non-hydrogen) atoms. The summed E-state index contributed by atoms with van der Waals surface area (Å²) in [7, 11) is 0. The van der Waals surface area contributed by atoms with Crippen molar-refractivity contribution in [2.75, 3.05) is 18.0 Å². The highest BCUT2D eigenvalue weighted by Gasteiger charge is 2.36. The Kier molecular flexibility index (Phi) is 4.57. The van der Waals surface area contributed by atoms with Crippen LogP contribution in [0.3, 0.4) is 0 Å². The summed E-state index contributed by atoms with van der Waals surface area (Å²) in [6.45, 7) is 0.507. The standard InChI is InChI=1S/C18H17F3N2O/c19-12-1-4-14(5-2-12)23-10-11(9-22)15(8-18(23)24)16-7-13(20)3-6-17(16)21/h1-7,11,15H,8-10,22H2/t11-,15-/m0/s1. The first kappa shape index (κ1) is 16.5. The van der Waals surface area contributed by atoms with E-state index in [1.165, 1.54) is 29.2 Å². The molecule has 1 heterocycles. The zero-order valence-electron chi connectivity index (χ0n) is 12.9. The highest BCUT2D eigenvalue weighted by atomic mass is 19.1. The molecular weight excluding hydrogens is 317 g/mol. The molecule has 1 saturated heterocycles. The minimum atomic E-state index is -0.546. The number of hydrogen-bond acceptors (Lipinski definition) is 2. The first-order valence-electron chi connectivity index (χ1n) is 7.70. The van der Waals surface area contributed by atoms with E-state index in [1.54, 1.807) is 0 Å². The SMILES string of the molecule is NC[C@H]1CN(c2ccc(F)cc2)C(=O)C[C@@H]1c1cc(F)ccc1F. The Morgan fingerprint density at radius 1 is 1.04 bits per heavy atom. The van der Waals surface area contributed by atoms with Crippen LogP contribution in [0.25, 0.3) is 0 Å². The van der Waals surface area contributed by atoms with Crippen LogP contribution in [0.5, 0.6) is 0 Å². The van der Waals surface area contributed by atoms with Gasteiger partial charge in [0.05, 0.1) is 0 Å². The molecule has 2 aromatic carbocycles. The molecular formula is C18H17F3N2O. The minimum Gasteiger partial charge on any atom is -0.330 e. The van der Waals surface area contributed by atoms with E-state index in [1.807, 2.05) is 0 Å². The van der Waals surface area contributed by atoms with E-state index in [9.17, 15) is 18.0 Å². The van der Waals surface area contributed by atoms with Crippen molar-refractivity contribution in [1.29, 1.82) is 0 Å². The summed E-state index contributed by atoms with van der Waals surface area (Å²) >= 11 is 0. The number of nitrogens with zero attached hydrogens (tertiary/aromatic N) is 1. The Hall–Kier alpha value is -2.34. The number of benzene rings is 2. The number of piperidine rings is 1. The average molecular weight is 334 g/mol. The maximum absolute atomic E-state index is 14.1. The van der Waals surface area contributed by atoms with Gasteiger partial charge < -0.3 is 10.6 Å². The molecule has 0 spiro atoms. The van der Waals surface area contributed by atoms with Crippen molar-refractivity contribution in [2.24, 2.45) is 11.7 Å². The molecule has 0 unspecified atom stereocenters. The zero-order chi connectivity index (χ0) is 17.3. The lowest BCUT2D eigenvalue weighted by Gasteiger charge is -2.38. The molecule has 2 atom stereocenters. The lowest BCUT2D eigenvalue weighted by molar-refractivity contribution is -0.120. The molecule has 1 fully saturated rings. The van der Waals surface area contributed by atoms with Gasteiger partial charge in [-0.2, -0.15) is 0 Å². The first-order chi connectivity index (χ1) is 11.5. The van der Waals surface area contributed by atoms with E-state index >= 15 is 0 Å². The topological polar surface area (TPSA) is 46.3 Å². The Morgan fingerprint density at radius 2 is 1.71 bits per heavy atom. The normalized spacial score (nSPS) is 21.2. The fourth-order valence-electron chi connectivity index (χ4n) is 3.20. The maximum Gasteiger partial charge on any atom is 0.227 e. The van der Waals surface area contributed by atoms with E-state index in [0.29, 0.717) is 5.69 Å². The average Bonchev–Trinajstić information content (AvgIpc) is 2.58. The van der Waals surface area contributed by atoms with Crippen LogP contribution in [-0.4, -0.2) is 19.0 Å². The van der Waals surface area contributed by atoms with Gasteiger partial charge in [0, 0.05) is 24.6 Å². The predicted octanol–water partition coefficient (Wildman–Crippen LogP) is 3.20. The fourth-order valence-corrected chi connectivity index (χ4v) is 3.20. The molecule has 2 N–H and O–H groups in total. The van der Waals surface area contributed by atoms with Crippen molar-refractivity contribution in [2.45, 2.75) is 12.3 Å². The summed E-state index contributed by atoms with van der Waals surface area (Å²) in [5.74, 6) is -2.39. The van der Waals surface area contributed by atoms with Gasteiger partial charge in [0.25, 0.3) is 0 Å². The number of anilines is 1. The van der Waals surface area contributed by atoms with Crippen LogP contribution in [-0.2, 0) is 4.79 Å². The van der Waals surface area contributed by atoms with Crippen LogP contribution in [0.4, 0.5) is 18.9 Å². The molecule has 0 aromatic heterocycles. The Labute approximate surface area is 137 Å². The van der Waals surface area contributed by atoms with E-state index in [2.05, 4.69) is 0 Å². The number of halogens is 3. The minimum absolute atomic E-state index is 0.0274. The van der Waals surface area contributed by atoms with Crippen molar-refractivity contribution in [1.82, 2.24) is 0 Å². The van der Waals surface area contributed by atoms with Crippen molar-refractivity contribution in [3.8, 4) is 0 Å². The number of amides is 1. The summed E-state index contributed by atoms with van der Waals surface area (Å²) in [5, 5.41) is 0. The van der Waals surface area contributed by atoms with E-state index in [-0.39, 0.29) is 36.9 Å². The smallest absolute Gasteiger partial charge is 0.227 e. The van der Waals surface area contributed by atoms with Crippen LogP contribution in [0.2, 0.25) is 0 Å². The largest absolute Gasteiger partial charge is 0.330 e. The quantitative estimate of drug-likeness (QED) is 0.937. The third kappa shape index (κ3) is 3.14. The van der Waals surface area contributed by atoms with Crippen LogP contribution >= 0.6 is 0 Å². The molecule has 0 radical (unpaired) electrons. The highest BCUT2D eigenvalue weighted by Crippen LogP contribution is 2.36. The van der Waals surface area contributed by atoms with Gasteiger partial charge in [-0.15, -0.1) is 0 Å². The van der Waals surface area contributed by atoms with Crippen LogP contribution in [0.15, 0.2) is 42.5 Å². The summed E-state index contributed by atoms with van der Waals surface area (Å²) in [4.78, 5) is 14.0. The second kappa shape index (κ2) is 6.65. The number of carbonyl (C=O) groups excluding carboxylic acids is 1. The van der Waals surface area contributed by atoms with Gasteiger partial charge in [-0.05, 0) is 60.5 Å². The number of rotatable bonds is 3. The van der Waals surface area contributed by atoms with Gasteiger partial charge >= 0.3 is 0 Å². The summed E-state index contributed by atoms with van der Waals surface area (Å²) in [6, 6.07) is 8.83. The number of nitrogens with two attached hydrogens (primary N) is 1. The fraction of sp³-hybridized carbons (Fsp3) is 0.278. The maximum atomic E-state index is 14.1. The Bertz CT molecular complexity index is 748. The molecule has 2 aromatic rings.